The number of halogens is 1. The van der Waals surface area contributed by atoms with Crippen LogP contribution < -0.4 is 15.8 Å². The van der Waals surface area contributed by atoms with E-state index in [1.54, 1.807) is 0 Å². The maximum atomic E-state index is 6.00. The molecule has 1 N–H and O–H groups in total. The first-order chi connectivity index (χ1) is 7.27. The van der Waals surface area contributed by atoms with E-state index in [0.29, 0.717) is 5.41 Å². The lowest BCUT2D eigenvalue weighted by Gasteiger charge is -2.30. The van der Waals surface area contributed by atoms with E-state index in [-0.39, 0.29) is 0 Å². The molecule has 1 fully saturated rings. The maximum Gasteiger partial charge on any atom is 0.0412 e. The van der Waals surface area contributed by atoms with Gasteiger partial charge in [0.1, 0.15) is 0 Å². The van der Waals surface area contributed by atoms with Crippen LogP contribution in [0.1, 0.15) is 12.8 Å². The summed E-state index contributed by atoms with van der Waals surface area (Å²) in [7, 11) is 0. The number of rotatable bonds is 0. The lowest BCUT2D eigenvalue weighted by Crippen LogP contribution is -2.33. The largest absolute Gasteiger partial charge is 0.317 e. The van der Waals surface area contributed by atoms with Gasteiger partial charge in [0.25, 0.3) is 0 Å². The average Bonchev–Trinajstić information content (AvgIpc) is 2.56. The molecule has 0 unspecified atom stereocenters. The molecule has 1 aromatic rings. The Kier molecular flexibility index (Phi) is 2.11. The van der Waals surface area contributed by atoms with Crippen LogP contribution in [-0.4, -0.2) is 13.1 Å². The molecular formula is C13H14ClN. The molecule has 0 saturated carbocycles. The Hall–Kier alpha value is -0.790. The molecule has 2 aliphatic rings. The summed E-state index contributed by atoms with van der Waals surface area (Å²) in [5, 5.41) is 6.90. The van der Waals surface area contributed by atoms with Gasteiger partial charge in [-0.25, -0.2) is 0 Å². The first kappa shape index (κ1) is 9.44. The summed E-state index contributed by atoms with van der Waals surface area (Å²) in [5.41, 5.74) is 0.304. The quantitative estimate of drug-likeness (QED) is 0.694. The fraction of sp³-hybridized carbons (Fsp3) is 0.385. The van der Waals surface area contributed by atoms with Crippen molar-refractivity contribution >= 4 is 23.8 Å². The minimum atomic E-state index is 0.304. The highest BCUT2D eigenvalue weighted by Gasteiger charge is 2.29. The van der Waals surface area contributed by atoms with Crippen molar-refractivity contribution < 1.29 is 0 Å². The average molecular weight is 220 g/mol. The van der Waals surface area contributed by atoms with Crippen molar-refractivity contribution in [3.8, 4) is 0 Å². The van der Waals surface area contributed by atoms with Crippen molar-refractivity contribution in [2.75, 3.05) is 13.1 Å². The fourth-order valence-corrected chi connectivity index (χ4v) is 2.82. The van der Waals surface area contributed by atoms with Crippen LogP contribution in [0.3, 0.4) is 0 Å². The number of benzene rings is 1. The Balaban J connectivity index is 2.12. The Labute approximate surface area is 94.4 Å². The molecule has 0 aromatic heterocycles. The van der Waals surface area contributed by atoms with E-state index in [1.807, 2.05) is 6.07 Å². The maximum absolute atomic E-state index is 6.00. The van der Waals surface area contributed by atoms with Crippen molar-refractivity contribution in [3.05, 3.63) is 33.7 Å². The van der Waals surface area contributed by atoms with Crippen molar-refractivity contribution in [1.82, 2.24) is 5.32 Å². The van der Waals surface area contributed by atoms with Gasteiger partial charge in [0.15, 0.2) is 0 Å². The van der Waals surface area contributed by atoms with Gasteiger partial charge in [0, 0.05) is 10.4 Å². The summed E-state index contributed by atoms with van der Waals surface area (Å²) in [6.45, 7) is 2.24. The van der Waals surface area contributed by atoms with Crippen LogP contribution >= 0.6 is 11.6 Å². The predicted molar refractivity (Wildman–Crippen MR) is 64.2 cm³/mol. The zero-order chi connectivity index (χ0) is 10.3. The molecule has 1 heterocycles. The van der Waals surface area contributed by atoms with E-state index in [9.17, 15) is 0 Å². The number of fused-ring (bicyclic) bond motifs is 1. The van der Waals surface area contributed by atoms with Crippen LogP contribution in [-0.2, 0) is 0 Å². The van der Waals surface area contributed by atoms with E-state index in [0.717, 1.165) is 18.1 Å². The topological polar surface area (TPSA) is 12.0 Å². The van der Waals surface area contributed by atoms with Crippen molar-refractivity contribution in [2.24, 2.45) is 5.41 Å². The molecule has 1 saturated heterocycles. The standard InChI is InChI=1S/C13H14ClN/c14-12-2-1-10-8-13(9-11(10)7-12)3-5-15-6-4-13/h1-2,7-9,15H,3-6H2. The zero-order valence-corrected chi connectivity index (χ0v) is 9.35. The number of nitrogens with one attached hydrogen (secondary N) is 1. The first-order valence-corrected chi connectivity index (χ1v) is 5.87. The number of hydrogen-bond acceptors (Lipinski definition) is 1. The second-order valence-electron chi connectivity index (χ2n) is 4.55. The van der Waals surface area contributed by atoms with Gasteiger partial charge >= 0.3 is 0 Å². The molecule has 0 atom stereocenters. The lowest BCUT2D eigenvalue weighted by atomic mass is 9.80. The zero-order valence-electron chi connectivity index (χ0n) is 8.59. The van der Waals surface area contributed by atoms with Gasteiger partial charge in [0.05, 0.1) is 0 Å². The molecule has 1 aliphatic carbocycles. The van der Waals surface area contributed by atoms with Gasteiger partial charge in [0.2, 0.25) is 0 Å². The van der Waals surface area contributed by atoms with Gasteiger partial charge in [-0.15, -0.1) is 0 Å². The van der Waals surface area contributed by atoms with Crippen molar-refractivity contribution in [3.63, 3.8) is 0 Å². The summed E-state index contributed by atoms with van der Waals surface area (Å²) in [6.07, 6.45) is 7.23. The van der Waals surface area contributed by atoms with E-state index in [4.69, 9.17) is 11.6 Å². The Morgan fingerprint density at radius 2 is 1.80 bits per heavy atom. The molecule has 1 aromatic carbocycles. The third-order valence-corrected chi connectivity index (χ3v) is 3.70. The first-order valence-electron chi connectivity index (χ1n) is 5.50. The summed E-state index contributed by atoms with van der Waals surface area (Å²) in [5.74, 6) is 0. The summed E-state index contributed by atoms with van der Waals surface area (Å²) < 4.78 is 0. The van der Waals surface area contributed by atoms with E-state index >= 15 is 0 Å². The fourth-order valence-electron chi connectivity index (χ4n) is 2.64. The molecule has 0 radical (unpaired) electrons. The van der Waals surface area contributed by atoms with Crippen LogP contribution in [0.25, 0.3) is 12.2 Å². The molecule has 2 heteroatoms. The van der Waals surface area contributed by atoms with Gasteiger partial charge in [-0.3, -0.25) is 0 Å². The molecule has 0 bridgehead atoms. The number of hydrogen-bond donors (Lipinski definition) is 1. The highest BCUT2D eigenvalue weighted by Crippen LogP contribution is 2.33. The summed E-state index contributed by atoms with van der Waals surface area (Å²) in [6, 6.07) is 6.18. The highest BCUT2D eigenvalue weighted by atomic mass is 35.5. The summed E-state index contributed by atoms with van der Waals surface area (Å²) in [4.78, 5) is 0. The number of piperidine rings is 1. The van der Waals surface area contributed by atoms with Gasteiger partial charge in [-0.1, -0.05) is 29.8 Å². The van der Waals surface area contributed by atoms with E-state index in [2.05, 4.69) is 29.6 Å². The molecule has 1 nitrogen and oxygen atoms in total. The molecule has 1 aliphatic heterocycles. The normalized spacial score (nSPS) is 21.9. The lowest BCUT2D eigenvalue weighted by molar-refractivity contribution is 0.386. The minimum Gasteiger partial charge on any atom is -0.317 e. The third kappa shape index (κ3) is 1.60. The molecule has 78 valence electrons. The Bertz CT molecular complexity index is 498. The van der Waals surface area contributed by atoms with Crippen LogP contribution in [0, 0.1) is 5.41 Å². The SMILES string of the molecule is Clc1ccc2c(c1)=CC1(C=2)CCNCC1. The second kappa shape index (κ2) is 3.36. The van der Waals surface area contributed by atoms with Crippen LogP contribution in [0.4, 0.5) is 0 Å². The minimum absolute atomic E-state index is 0.304. The van der Waals surface area contributed by atoms with Gasteiger partial charge < -0.3 is 5.32 Å². The van der Waals surface area contributed by atoms with Gasteiger partial charge in [-0.2, -0.15) is 0 Å². The molecule has 3 rings (SSSR count). The Morgan fingerprint density at radius 3 is 2.60 bits per heavy atom. The smallest absolute Gasteiger partial charge is 0.0412 e. The van der Waals surface area contributed by atoms with Crippen LogP contribution in [0.15, 0.2) is 18.2 Å². The van der Waals surface area contributed by atoms with Crippen LogP contribution in [0.5, 0.6) is 0 Å². The van der Waals surface area contributed by atoms with Crippen LogP contribution in [0.2, 0.25) is 5.02 Å². The molecule has 0 amide bonds. The molecular weight excluding hydrogens is 206 g/mol. The third-order valence-electron chi connectivity index (χ3n) is 3.47. The van der Waals surface area contributed by atoms with Crippen molar-refractivity contribution in [2.45, 2.75) is 12.8 Å². The summed E-state index contributed by atoms with van der Waals surface area (Å²) >= 11 is 6.00. The molecule has 1 spiro atoms. The second-order valence-corrected chi connectivity index (χ2v) is 4.98. The molecule has 15 heavy (non-hydrogen) atoms. The monoisotopic (exact) mass is 219 g/mol. The van der Waals surface area contributed by atoms with E-state index in [1.165, 1.54) is 23.3 Å². The Morgan fingerprint density at radius 1 is 1.07 bits per heavy atom. The highest BCUT2D eigenvalue weighted by molar-refractivity contribution is 6.30. The predicted octanol–water partition coefficient (Wildman–Crippen LogP) is 1.28. The van der Waals surface area contributed by atoms with Gasteiger partial charge in [-0.05, 0) is 48.5 Å². The van der Waals surface area contributed by atoms with E-state index < -0.39 is 0 Å². The van der Waals surface area contributed by atoms with Crippen molar-refractivity contribution in [1.29, 1.82) is 0 Å².